The first kappa shape index (κ1) is 18.4. The van der Waals surface area contributed by atoms with Crippen LogP contribution in [0.1, 0.15) is 40.5 Å². The molecule has 0 N–H and O–H groups in total. The highest BCUT2D eigenvalue weighted by Crippen LogP contribution is 2.32. The van der Waals surface area contributed by atoms with Crippen LogP contribution < -0.4 is 0 Å². The molecule has 0 aliphatic carbocycles. The van der Waals surface area contributed by atoms with Crippen molar-refractivity contribution in [2.75, 3.05) is 46.9 Å². The molecule has 0 bridgehead atoms. The summed E-state index contributed by atoms with van der Waals surface area (Å²) in [7, 11) is 3.87. The van der Waals surface area contributed by atoms with Gasteiger partial charge in [0, 0.05) is 38.8 Å². The molecule has 1 aliphatic rings. The summed E-state index contributed by atoms with van der Waals surface area (Å²) < 4.78 is 10.8. The number of piperazine rings is 1. The van der Waals surface area contributed by atoms with Gasteiger partial charge in [0.1, 0.15) is 0 Å². The first-order valence-electron chi connectivity index (χ1n) is 7.87. The molecule has 0 spiro atoms. The topological polar surface area (TPSA) is 42.0 Å². The fourth-order valence-electron chi connectivity index (χ4n) is 3.14. The molecule has 1 saturated heterocycles. The molecular formula is C16H32N2O3. The zero-order valence-corrected chi connectivity index (χ0v) is 14.6. The van der Waals surface area contributed by atoms with Gasteiger partial charge in [0.05, 0.1) is 18.6 Å². The van der Waals surface area contributed by atoms with Crippen LogP contribution in [0, 0.1) is 0 Å². The maximum absolute atomic E-state index is 12.0. The van der Waals surface area contributed by atoms with Gasteiger partial charge in [0.15, 0.2) is 0 Å². The number of methoxy groups -OCH3 is 1. The number of likely N-dealkylation sites (N-methyl/N-ethyl adjacent to an activating group) is 1. The van der Waals surface area contributed by atoms with E-state index in [4.69, 9.17) is 9.47 Å². The van der Waals surface area contributed by atoms with E-state index in [9.17, 15) is 4.79 Å². The summed E-state index contributed by atoms with van der Waals surface area (Å²) >= 11 is 0. The summed E-state index contributed by atoms with van der Waals surface area (Å²) in [5.74, 6) is -0.120. The minimum Gasteiger partial charge on any atom is -0.466 e. The first-order valence-corrected chi connectivity index (χ1v) is 7.87. The molecule has 5 heteroatoms. The molecule has 1 aliphatic heterocycles. The van der Waals surface area contributed by atoms with E-state index in [1.54, 1.807) is 7.11 Å². The monoisotopic (exact) mass is 300 g/mol. The zero-order valence-electron chi connectivity index (χ0n) is 14.6. The van der Waals surface area contributed by atoms with Gasteiger partial charge in [-0.2, -0.15) is 0 Å². The van der Waals surface area contributed by atoms with Crippen LogP contribution in [0.3, 0.4) is 0 Å². The van der Waals surface area contributed by atoms with Gasteiger partial charge < -0.3 is 14.4 Å². The van der Waals surface area contributed by atoms with Gasteiger partial charge in [0.25, 0.3) is 0 Å². The summed E-state index contributed by atoms with van der Waals surface area (Å²) in [6.45, 7) is 12.6. The number of nitrogens with zero attached hydrogens (tertiary/aromatic N) is 2. The molecule has 5 nitrogen and oxygen atoms in total. The SMILES string of the molecule is CCOC(=O)CC(C)(CC(C)(C)OC)N1CCN(C)CC1. The lowest BCUT2D eigenvalue weighted by Gasteiger charge is -2.47. The summed E-state index contributed by atoms with van der Waals surface area (Å²) in [5, 5.41) is 0. The minimum absolute atomic E-state index is 0.120. The Kier molecular flexibility index (Phi) is 6.63. The third-order valence-electron chi connectivity index (χ3n) is 4.46. The fourth-order valence-corrected chi connectivity index (χ4v) is 3.14. The van der Waals surface area contributed by atoms with E-state index >= 15 is 0 Å². The van der Waals surface area contributed by atoms with E-state index in [1.165, 1.54) is 0 Å². The van der Waals surface area contributed by atoms with E-state index in [1.807, 2.05) is 6.92 Å². The number of esters is 1. The predicted molar refractivity (Wildman–Crippen MR) is 84.4 cm³/mol. The lowest BCUT2D eigenvalue weighted by Crippen LogP contribution is -2.58. The Morgan fingerprint density at radius 2 is 1.71 bits per heavy atom. The quantitative estimate of drug-likeness (QED) is 0.670. The van der Waals surface area contributed by atoms with Crippen molar-refractivity contribution in [1.82, 2.24) is 9.80 Å². The van der Waals surface area contributed by atoms with Gasteiger partial charge in [-0.3, -0.25) is 9.69 Å². The average molecular weight is 300 g/mol. The molecule has 0 aromatic heterocycles. The number of carbonyl (C=O) groups excluding carboxylic acids is 1. The number of ether oxygens (including phenoxy) is 2. The van der Waals surface area contributed by atoms with Crippen LogP contribution >= 0.6 is 0 Å². The Bertz CT molecular complexity index is 338. The van der Waals surface area contributed by atoms with E-state index in [0.717, 1.165) is 32.6 Å². The van der Waals surface area contributed by atoms with Gasteiger partial charge in [0.2, 0.25) is 0 Å². The van der Waals surface area contributed by atoms with Gasteiger partial charge in [-0.1, -0.05) is 0 Å². The number of hydrogen-bond donors (Lipinski definition) is 0. The maximum Gasteiger partial charge on any atom is 0.307 e. The Morgan fingerprint density at radius 1 is 1.14 bits per heavy atom. The Balaban J connectivity index is 2.84. The minimum atomic E-state index is -0.259. The van der Waals surface area contributed by atoms with Crippen molar-refractivity contribution in [3.63, 3.8) is 0 Å². The van der Waals surface area contributed by atoms with Crippen molar-refractivity contribution in [3.8, 4) is 0 Å². The van der Waals surface area contributed by atoms with E-state index in [-0.39, 0.29) is 17.1 Å². The van der Waals surface area contributed by atoms with E-state index in [0.29, 0.717) is 13.0 Å². The Labute approximate surface area is 129 Å². The van der Waals surface area contributed by atoms with Crippen LogP contribution in [0.5, 0.6) is 0 Å². The molecule has 21 heavy (non-hydrogen) atoms. The highest BCUT2D eigenvalue weighted by Gasteiger charge is 2.40. The largest absolute Gasteiger partial charge is 0.466 e. The first-order chi connectivity index (χ1) is 9.72. The highest BCUT2D eigenvalue weighted by molar-refractivity contribution is 5.70. The van der Waals surface area contributed by atoms with Crippen molar-refractivity contribution in [1.29, 1.82) is 0 Å². The molecule has 1 rings (SSSR count). The van der Waals surface area contributed by atoms with Gasteiger partial charge in [-0.05, 0) is 41.2 Å². The third kappa shape index (κ3) is 5.57. The lowest BCUT2D eigenvalue weighted by atomic mass is 9.83. The average Bonchev–Trinajstić information content (AvgIpc) is 2.38. The standard InChI is InChI=1S/C16H32N2O3/c1-7-21-14(19)12-16(4,13-15(2,3)20-6)18-10-8-17(5)9-11-18/h7-13H2,1-6H3. The molecule has 0 aromatic rings. The summed E-state index contributed by atoms with van der Waals surface area (Å²) in [6, 6.07) is 0. The summed E-state index contributed by atoms with van der Waals surface area (Å²) in [5.41, 5.74) is -0.488. The third-order valence-corrected chi connectivity index (χ3v) is 4.46. The van der Waals surface area contributed by atoms with Gasteiger partial charge in [-0.25, -0.2) is 0 Å². The molecule has 0 saturated carbocycles. The van der Waals surface area contributed by atoms with Crippen molar-refractivity contribution in [2.24, 2.45) is 0 Å². The molecule has 124 valence electrons. The molecule has 0 amide bonds. The van der Waals surface area contributed by atoms with Crippen molar-refractivity contribution in [2.45, 2.75) is 51.7 Å². The van der Waals surface area contributed by atoms with E-state index in [2.05, 4.69) is 37.6 Å². The van der Waals surface area contributed by atoms with Crippen LogP contribution in [0.15, 0.2) is 0 Å². The molecular weight excluding hydrogens is 268 g/mol. The molecule has 1 fully saturated rings. The normalized spacial score (nSPS) is 21.0. The fraction of sp³-hybridized carbons (Fsp3) is 0.938. The van der Waals surface area contributed by atoms with Crippen LogP contribution in [0.2, 0.25) is 0 Å². The second-order valence-electron chi connectivity index (χ2n) is 6.91. The smallest absolute Gasteiger partial charge is 0.307 e. The Morgan fingerprint density at radius 3 is 2.19 bits per heavy atom. The highest BCUT2D eigenvalue weighted by atomic mass is 16.5. The van der Waals surface area contributed by atoms with Crippen LogP contribution in [0.25, 0.3) is 0 Å². The number of carbonyl (C=O) groups is 1. The summed E-state index contributed by atoms with van der Waals surface area (Å²) in [6.07, 6.45) is 1.22. The second-order valence-corrected chi connectivity index (χ2v) is 6.91. The summed E-state index contributed by atoms with van der Waals surface area (Å²) in [4.78, 5) is 16.8. The number of rotatable bonds is 7. The van der Waals surface area contributed by atoms with Crippen molar-refractivity contribution in [3.05, 3.63) is 0 Å². The molecule has 1 heterocycles. The predicted octanol–water partition coefficient (Wildman–Crippen LogP) is 1.76. The van der Waals surface area contributed by atoms with Crippen LogP contribution in [-0.4, -0.2) is 73.9 Å². The van der Waals surface area contributed by atoms with Crippen LogP contribution in [-0.2, 0) is 14.3 Å². The molecule has 0 aromatic carbocycles. The second kappa shape index (κ2) is 7.56. The molecule has 0 radical (unpaired) electrons. The van der Waals surface area contributed by atoms with Crippen LogP contribution in [0.4, 0.5) is 0 Å². The number of hydrogen-bond acceptors (Lipinski definition) is 5. The lowest BCUT2D eigenvalue weighted by molar-refractivity contribution is -0.148. The van der Waals surface area contributed by atoms with Crippen molar-refractivity contribution >= 4 is 5.97 Å². The van der Waals surface area contributed by atoms with E-state index < -0.39 is 0 Å². The zero-order chi connectivity index (χ0) is 16.1. The van der Waals surface area contributed by atoms with Gasteiger partial charge >= 0.3 is 5.97 Å². The van der Waals surface area contributed by atoms with Gasteiger partial charge in [-0.15, -0.1) is 0 Å². The molecule has 1 unspecified atom stereocenters. The maximum atomic E-state index is 12.0. The Hall–Kier alpha value is -0.650. The van der Waals surface area contributed by atoms with Crippen molar-refractivity contribution < 1.29 is 14.3 Å². The molecule has 1 atom stereocenters.